The Balaban J connectivity index is 1.59. The van der Waals surface area contributed by atoms with Gasteiger partial charge in [0.15, 0.2) is 11.6 Å². The van der Waals surface area contributed by atoms with Crippen LogP contribution >= 0.6 is 0 Å². The number of aliphatic imine (C=N–C) groups is 1. The van der Waals surface area contributed by atoms with E-state index in [9.17, 15) is 24.4 Å². The van der Waals surface area contributed by atoms with Gasteiger partial charge in [-0.2, -0.15) is 5.23 Å². The van der Waals surface area contributed by atoms with E-state index in [1.165, 1.54) is 17.0 Å². The van der Waals surface area contributed by atoms with Gasteiger partial charge in [0, 0.05) is 37.5 Å². The maximum absolute atomic E-state index is 13.3. The Labute approximate surface area is 242 Å². The molecule has 0 spiro atoms. The van der Waals surface area contributed by atoms with E-state index in [0.717, 1.165) is 0 Å². The lowest BCUT2D eigenvalue weighted by atomic mass is 10.1. The van der Waals surface area contributed by atoms with Crippen molar-refractivity contribution in [3.8, 4) is 0 Å². The monoisotopic (exact) mass is 583 g/mol. The normalized spacial score (nSPS) is 15.8. The maximum atomic E-state index is 13.3. The topological polar surface area (TPSA) is 246 Å². The van der Waals surface area contributed by atoms with E-state index in [-0.39, 0.29) is 43.6 Å². The lowest BCUT2D eigenvalue weighted by Gasteiger charge is -2.26. The van der Waals surface area contributed by atoms with Crippen molar-refractivity contribution in [3.63, 3.8) is 0 Å². The van der Waals surface area contributed by atoms with Crippen molar-refractivity contribution in [2.24, 2.45) is 16.5 Å². The number of rotatable bonds is 13. The molecule has 0 radical (unpaired) electrons. The van der Waals surface area contributed by atoms with Crippen LogP contribution in [-0.2, 0) is 20.9 Å². The maximum Gasteiger partial charge on any atom is 0.256 e. The second-order valence-corrected chi connectivity index (χ2v) is 9.75. The minimum absolute atomic E-state index is 0.102. The molecule has 0 bridgehead atoms. The van der Waals surface area contributed by atoms with Gasteiger partial charge in [0.05, 0.1) is 12.1 Å². The average molecular weight is 584 g/mol. The third-order valence-electron chi connectivity index (χ3n) is 6.70. The first-order valence-corrected chi connectivity index (χ1v) is 13.4. The number of hydrogen-bond donors (Lipinski definition) is 8. The summed E-state index contributed by atoms with van der Waals surface area (Å²) in [6.45, 7) is 0.370. The summed E-state index contributed by atoms with van der Waals surface area (Å²) in [4.78, 5) is 57.2. The molecule has 2 aromatic carbocycles. The van der Waals surface area contributed by atoms with Crippen LogP contribution in [-0.4, -0.2) is 71.4 Å². The number of benzene rings is 2. The minimum Gasteiger partial charge on any atom is -0.595 e. The molecule has 1 heterocycles. The van der Waals surface area contributed by atoms with Crippen molar-refractivity contribution in [2.75, 3.05) is 25.4 Å². The molecule has 1 unspecified atom stereocenters. The molecule has 0 aromatic heterocycles. The number of likely N-dealkylation sites (tertiary alicyclic amines) is 1. The SMILES string of the molecule is NC(N)=NCCC[C@H](NC(=O)[C@@H]1CCCN1C(=O)c1ccccc1N)C(=O)NCC(=O)NCc1ccc([NH+]([O-])O)cc1. The van der Waals surface area contributed by atoms with E-state index in [0.29, 0.717) is 42.6 Å². The summed E-state index contributed by atoms with van der Waals surface area (Å²) in [5.74, 6) is -2.03. The first kappa shape index (κ1) is 31.8. The number of carbonyl (C=O) groups excluding carboxylic acids is 4. The second-order valence-electron chi connectivity index (χ2n) is 9.75. The zero-order valence-electron chi connectivity index (χ0n) is 23.0. The fraction of sp³-hybridized carbons (Fsp3) is 0.370. The number of anilines is 1. The van der Waals surface area contributed by atoms with Gasteiger partial charge in [-0.1, -0.05) is 24.3 Å². The molecule has 0 saturated carbocycles. The van der Waals surface area contributed by atoms with Crippen LogP contribution in [0.5, 0.6) is 0 Å². The van der Waals surface area contributed by atoms with Crippen LogP contribution in [0.25, 0.3) is 0 Å². The highest BCUT2D eigenvalue weighted by Gasteiger charge is 2.36. The molecule has 42 heavy (non-hydrogen) atoms. The fourth-order valence-electron chi connectivity index (χ4n) is 4.49. The largest absolute Gasteiger partial charge is 0.595 e. The quantitative estimate of drug-likeness (QED) is 0.0437. The first-order valence-electron chi connectivity index (χ1n) is 13.4. The van der Waals surface area contributed by atoms with Crippen LogP contribution < -0.4 is 38.4 Å². The van der Waals surface area contributed by atoms with Crippen molar-refractivity contribution in [2.45, 2.75) is 44.3 Å². The molecular weight excluding hydrogens is 546 g/mol. The lowest BCUT2D eigenvalue weighted by molar-refractivity contribution is -0.991. The van der Waals surface area contributed by atoms with Crippen LogP contribution in [0.3, 0.4) is 0 Å². The van der Waals surface area contributed by atoms with Gasteiger partial charge in [0.25, 0.3) is 5.91 Å². The van der Waals surface area contributed by atoms with E-state index in [4.69, 9.17) is 22.4 Å². The van der Waals surface area contributed by atoms with Crippen molar-refractivity contribution in [3.05, 3.63) is 64.9 Å². The summed E-state index contributed by atoms with van der Waals surface area (Å²) in [6.07, 6.45) is 1.57. The molecule has 1 aliphatic rings. The van der Waals surface area contributed by atoms with E-state index in [2.05, 4.69) is 20.9 Å². The number of para-hydroxylation sites is 1. The molecule has 4 amide bonds. The molecule has 11 N–H and O–H groups in total. The summed E-state index contributed by atoms with van der Waals surface area (Å²) < 4.78 is 0. The Bertz CT molecular complexity index is 1280. The number of quaternary nitrogens is 1. The van der Waals surface area contributed by atoms with Crippen molar-refractivity contribution >= 4 is 41.0 Å². The van der Waals surface area contributed by atoms with Gasteiger partial charge < -0.3 is 43.3 Å². The van der Waals surface area contributed by atoms with Gasteiger partial charge in [-0.15, -0.1) is 0 Å². The fourth-order valence-corrected chi connectivity index (χ4v) is 4.49. The van der Waals surface area contributed by atoms with Gasteiger partial charge in [-0.25, -0.2) is 5.21 Å². The number of hydrogen-bond acceptors (Lipinski definition) is 8. The van der Waals surface area contributed by atoms with Crippen LogP contribution in [0.1, 0.15) is 41.6 Å². The Kier molecular flexibility index (Phi) is 11.6. The number of nitrogen functional groups attached to an aromatic ring is 1. The van der Waals surface area contributed by atoms with Crippen molar-refractivity contribution < 1.29 is 29.6 Å². The molecular formula is C27H37N9O6. The summed E-state index contributed by atoms with van der Waals surface area (Å²) in [6, 6.07) is 10.8. The third-order valence-corrected chi connectivity index (χ3v) is 6.70. The molecule has 2 aromatic rings. The van der Waals surface area contributed by atoms with Crippen molar-refractivity contribution in [1.82, 2.24) is 20.9 Å². The standard InChI is InChI=1S/C27H37N9O6/c28-20-6-2-1-5-19(20)26(40)35-14-4-8-22(35)25(39)34-21(7-3-13-31-27(29)30)24(38)33-16-23(37)32-15-17-9-11-18(12-10-17)36(41)42/h1-2,5-6,9-12,21-22,36,41H,3-4,7-8,13-16,28H2,(H,32,37)(H,33,38)(H,34,39)(H4,29,30,31)/t21-,22-/m0/s1. The molecule has 0 aliphatic carbocycles. The Morgan fingerprint density at radius 1 is 1.10 bits per heavy atom. The zero-order chi connectivity index (χ0) is 30.6. The lowest BCUT2D eigenvalue weighted by Crippen LogP contribution is -2.99. The number of carbonyl (C=O) groups is 4. The number of nitrogens with zero attached hydrogens (tertiary/aromatic N) is 2. The summed E-state index contributed by atoms with van der Waals surface area (Å²) >= 11 is 0. The van der Waals surface area contributed by atoms with Crippen LogP contribution in [0, 0.1) is 5.21 Å². The zero-order valence-corrected chi connectivity index (χ0v) is 23.0. The highest BCUT2D eigenvalue weighted by Crippen LogP contribution is 2.23. The molecule has 3 atom stereocenters. The Morgan fingerprint density at radius 3 is 2.48 bits per heavy atom. The van der Waals surface area contributed by atoms with Gasteiger partial charge >= 0.3 is 0 Å². The number of nitrogens with two attached hydrogens (primary N) is 3. The molecule has 1 aliphatic heterocycles. The van der Waals surface area contributed by atoms with E-state index >= 15 is 0 Å². The number of nitrogens with one attached hydrogen (secondary N) is 4. The number of guanidine groups is 1. The molecule has 3 rings (SSSR count). The van der Waals surface area contributed by atoms with E-state index < -0.39 is 35.0 Å². The smallest absolute Gasteiger partial charge is 0.256 e. The highest BCUT2D eigenvalue weighted by atomic mass is 16.8. The first-order chi connectivity index (χ1) is 20.1. The van der Waals surface area contributed by atoms with Gasteiger partial charge in [-0.05, 0) is 43.4 Å². The molecule has 1 saturated heterocycles. The van der Waals surface area contributed by atoms with E-state index in [1.807, 2.05) is 0 Å². The summed E-state index contributed by atoms with van der Waals surface area (Å²) in [5, 5.41) is 26.8. The average Bonchev–Trinajstić information content (AvgIpc) is 3.46. The van der Waals surface area contributed by atoms with Crippen molar-refractivity contribution in [1.29, 1.82) is 0 Å². The molecule has 1 fully saturated rings. The van der Waals surface area contributed by atoms with Crippen LogP contribution in [0.2, 0.25) is 0 Å². The third kappa shape index (κ3) is 9.15. The highest BCUT2D eigenvalue weighted by molar-refractivity contribution is 6.02. The Morgan fingerprint density at radius 2 is 1.81 bits per heavy atom. The molecule has 15 nitrogen and oxygen atoms in total. The van der Waals surface area contributed by atoms with E-state index in [1.54, 1.807) is 36.4 Å². The van der Waals surface area contributed by atoms with Gasteiger partial charge in [0.2, 0.25) is 17.7 Å². The predicted octanol–water partition coefficient (Wildman–Crippen LogP) is -1.75. The molecule has 15 heteroatoms. The van der Waals surface area contributed by atoms with Gasteiger partial charge in [-0.3, -0.25) is 24.2 Å². The molecule has 226 valence electrons. The van der Waals surface area contributed by atoms with Crippen LogP contribution in [0.4, 0.5) is 11.4 Å². The van der Waals surface area contributed by atoms with Gasteiger partial charge in [0.1, 0.15) is 12.1 Å². The predicted molar refractivity (Wildman–Crippen MR) is 154 cm³/mol. The number of amides is 4. The second kappa shape index (κ2) is 15.3. The summed E-state index contributed by atoms with van der Waals surface area (Å²) in [5.41, 5.74) is 18.1. The summed E-state index contributed by atoms with van der Waals surface area (Å²) in [7, 11) is 0. The minimum atomic E-state index is -1.05. The van der Waals surface area contributed by atoms with Crippen LogP contribution in [0.15, 0.2) is 53.5 Å². The Hall–Kier alpha value is -4.73.